The lowest BCUT2D eigenvalue weighted by molar-refractivity contribution is -0.120. The highest BCUT2D eigenvalue weighted by Gasteiger charge is 2.30. The minimum Gasteiger partial charge on any atom is -0.326 e. The van der Waals surface area contributed by atoms with Crippen LogP contribution in [0.25, 0.3) is 0 Å². The van der Waals surface area contributed by atoms with E-state index in [0.717, 1.165) is 12.0 Å². The Bertz CT molecular complexity index is 981. The van der Waals surface area contributed by atoms with Gasteiger partial charge in [-0.25, -0.2) is 12.7 Å². The highest BCUT2D eigenvalue weighted by atomic mass is 32.2. The van der Waals surface area contributed by atoms with Gasteiger partial charge in [0.15, 0.2) is 5.78 Å². The van der Waals surface area contributed by atoms with E-state index in [0.29, 0.717) is 43.6 Å². The van der Waals surface area contributed by atoms with Crippen molar-refractivity contribution in [2.24, 2.45) is 5.92 Å². The van der Waals surface area contributed by atoms with Crippen LogP contribution in [0.2, 0.25) is 0 Å². The molecule has 0 aliphatic carbocycles. The number of aryl methyl sites for hydroxylation is 1. The van der Waals surface area contributed by atoms with Crippen LogP contribution in [0.3, 0.4) is 0 Å². The summed E-state index contributed by atoms with van der Waals surface area (Å²) in [6, 6.07) is 16.7. The molecule has 0 unspecified atom stereocenters. The molecule has 6 nitrogen and oxygen atoms in total. The third-order valence-electron chi connectivity index (χ3n) is 5.47. The molecule has 1 heterocycles. The normalized spacial score (nSPS) is 15.6. The summed E-state index contributed by atoms with van der Waals surface area (Å²) in [5, 5.41) is 2.85. The van der Waals surface area contributed by atoms with Crippen molar-refractivity contribution < 1.29 is 18.0 Å². The number of carbonyl (C=O) groups is 2. The molecule has 0 bridgehead atoms. The Hall–Kier alpha value is -2.51. The molecule has 0 spiro atoms. The summed E-state index contributed by atoms with van der Waals surface area (Å²) in [5.41, 5.74) is 2.27. The summed E-state index contributed by atoms with van der Waals surface area (Å²) >= 11 is 0. The predicted octanol–water partition coefficient (Wildman–Crippen LogP) is 3.50. The van der Waals surface area contributed by atoms with Crippen molar-refractivity contribution in [3.8, 4) is 0 Å². The summed E-state index contributed by atoms with van der Waals surface area (Å²) in [7, 11) is -3.31. The molecular formula is C23H28N2O4S. The molecule has 2 aromatic rings. The number of sulfonamides is 1. The quantitative estimate of drug-likeness (QED) is 0.652. The number of nitrogens with one attached hydrogen (secondary N) is 1. The Labute approximate surface area is 178 Å². The average molecular weight is 429 g/mol. The van der Waals surface area contributed by atoms with Gasteiger partial charge in [-0.05, 0) is 50.3 Å². The van der Waals surface area contributed by atoms with Gasteiger partial charge in [0.1, 0.15) is 0 Å². The zero-order valence-corrected chi connectivity index (χ0v) is 18.0. The van der Waals surface area contributed by atoms with E-state index in [-0.39, 0.29) is 23.4 Å². The van der Waals surface area contributed by atoms with Crippen LogP contribution < -0.4 is 5.32 Å². The van der Waals surface area contributed by atoms with E-state index >= 15 is 0 Å². The molecule has 7 heteroatoms. The molecule has 0 atom stereocenters. The number of rotatable bonds is 8. The maximum Gasteiger partial charge on any atom is 0.227 e. The largest absolute Gasteiger partial charge is 0.326 e. The second-order valence-electron chi connectivity index (χ2n) is 7.70. The Morgan fingerprint density at radius 3 is 2.40 bits per heavy atom. The summed E-state index contributed by atoms with van der Waals surface area (Å²) < 4.78 is 26.8. The van der Waals surface area contributed by atoms with E-state index in [2.05, 4.69) is 5.32 Å². The molecule has 3 rings (SSSR count). The summed E-state index contributed by atoms with van der Waals surface area (Å²) in [5.74, 6) is -0.299. The highest BCUT2D eigenvalue weighted by molar-refractivity contribution is 7.89. The third kappa shape index (κ3) is 6.00. The van der Waals surface area contributed by atoms with Gasteiger partial charge in [0.05, 0.1) is 5.75 Å². The topological polar surface area (TPSA) is 83.6 Å². The molecule has 1 aliphatic heterocycles. The van der Waals surface area contributed by atoms with Gasteiger partial charge < -0.3 is 5.32 Å². The molecule has 0 saturated carbocycles. The second kappa shape index (κ2) is 10.00. The lowest BCUT2D eigenvalue weighted by atomic mass is 9.97. The van der Waals surface area contributed by atoms with Gasteiger partial charge in [-0.15, -0.1) is 0 Å². The van der Waals surface area contributed by atoms with E-state index in [4.69, 9.17) is 0 Å². The first-order chi connectivity index (χ1) is 14.3. The van der Waals surface area contributed by atoms with E-state index in [9.17, 15) is 18.0 Å². The SMILES string of the molecule is CC(=O)c1cccc(NC(=O)C2CCN(S(=O)(=O)CCCc3ccccc3)CC2)c1. The molecule has 160 valence electrons. The van der Waals surface area contributed by atoms with Crippen LogP contribution in [0.1, 0.15) is 42.1 Å². The molecule has 30 heavy (non-hydrogen) atoms. The van der Waals surface area contributed by atoms with E-state index in [1.165, 1.54) is 11.2 Å². The van der Waals surface area contributed by atoms with Crippen LogP contribution in [0.5, 0.6) is 0 Å². The van der Waals surface area contributed by atoms with E-state index in [1.807, 2.05) is 30.3 Å². The molecule has 2 aromatic carbocycles. The lowest BCUT2D eigenvalue weighted by Crippen LogP contribution is -2.42. The Kier molecular flexibility index (Phi) is 7.39. The number of anilines is 1. The zero-order chi connectivity index (χ0) is 21.6. The van der Waals surface area contributed by atoms with Crippen LogP contribution in [0, 0.1) is 5.92 Å². The van der Waals surface area contributed by atoms with Crippen LogP contribution in [0.15, 0.2) is 54.6 Å². The number of Topliss-reactive ketones (excluding diaryl/α,β-unsaturated/α-hetero) is 1. The Balaban J connectivity index is 1.48. The molecule has 1 aliphatic rings. The number of hydrogen-bond acceptors (Lipinski definition) is 4. The molecular weight excluding hydrogens is 400 g/mol. The molecule has 0 aromatic heterocycles. The maximum atomic E-state index is 12.6. The van der Waals surface area contributed by atoms with Crippen LogP contribution in [-0.2, 0) is 21.2 Å². The van der Waals surface area contributed by atoms with Crippen LogP contribution in [0.4, 0.5) is 5.69 Å². The number of nitrogens with zero attached hydrogens (tertiary/aromatic N) is 1. The maximum absolute atomic E-state index is 12.6. The molecule has 0 radical (unpaired) electrons. The van der Waals surface area contributed by atoms with Gasteiger partial charge in [-0.2, -0.15) is 0 Å². The molecule has 1 N–H and O–H groups in total. The predicted molar refractivity (Wildman–Crippen MR) is 118 cm³/mol. The van der Waals surface area contributed by atoms with Crippen molar-refractivity contribution in [1.82, 2.24) is 4.31 Å². The van der Waals surface area contributed by atoms with Crippen molar-refractivity contribution in [1.29, 1.82) is 0 Å². The fraction of sp³-hybridized carbons (Fsp3) is 0.391. The Morgan fingerprint density at radius 2 is 1.73 bits per heavy atom. The van der Waals surface area contributed by atoms with Gasteiger partial charge in [-0.3, -0.25) is 9.59 Å². The minimum absolute atomic E-state index is 0.0584. The molecule has 1 saturated heterocycles. The number of benzene rings is 2. The van der Waals surface area contributed by atoms with Crippen molar-refractivity contribution in [3.63, 3.8) is 0 Å². The highest BCUT2D eigenvalue weighted by Crippen LogP contribution is 2.22. The first-order valence-corrected chi connectivity index (χ1v) is 11.9. The van der Waals surface area contributed by atoms with Gasteiger partial charge in [0.2, 0.25) is 15.9 Å². The standard InChI is InChI=1S/C23H28N2O4S/c1-18(26)21-10-5-11-22(17-21)24-23(27)20-12-14-25(15-13-20)30(28,29)16-6-9-19-7-3-2-4-8-19/h2-5,7-8,10-11,17,20H,6,9,12-16H2,1H3,(H,24,27). The molecule has 1 amide bonds. The van der Waals surface area contributed by atoms with Gasteiger partial charge in [-0.1, -0.05) is 42.5 Å². The summed E-state index contributed by atoms with van der Waals surface area (Å²) in [4.78, 5) is 24.1. The first-order valence-electron chi connectivity index (χ1n) is 10.3. The van der Waals surface area contributed by atoms with Gasteiger partial charge in [0, 0.05) is 30.3 Å². The second-order valence-corrected chi connectivity index (χ2v) is 9.79. The average Bonchev–Trinajstić information content (AvgIpc) is 2.74. The smallest absolute Gasteiger partial charge is 0.227 e. The third-order valence-corrected chi connectivity index (χ3v) is 7.42. The number of ketones is 1. The lowest BCUT2D eigenvalue weighted by Gasteiger charge is -2.30. The van der Waals surface area contributed by atoms with Crippen LogP contribution in [-0.4, -0.2) is 43.3 Å². The summed E-state index contributed by atoms with van der Waals surface area (Å²) in [6.45, 7) is 2.20. The number of carbonyl (C=O) groups excluding carboxylic acids is 2. The van der Waals surface area contributed by atoms with Crippen molar-refractivity contribution >= 4 is 27.4 Å². The van der Waals surface area contributed by atoms with Gasteiger partial charge >= 0.3 is 0 Å². The molecule has 1 fully saturated rings. The summed E-state index contributed by atoms with van der Waals surface area (Å²) in [6.07, 6.45) is 2.31. The van der Waals surface area contributed by atoms with E-state index < -0.39 is 10.0 Å². The number of amides is 1. The fourth-order valence-corrected chi connectivity index (χ4v) is 5.22. The van der Waals surface area contributed by atoms with Crippen LogP contribution >= 0.6 is 0 Å². The number of piperidine rings is 1. The minimum atomic E-state index is -3.31. The number of hydrogen-bond donors (Lipinski definition) is 1. The van der Waals surface area contributed by atoms with Crippen molar-refractivity contribution in [3.05, 3.63) is 65.7 Å². The van der Waals surface area contributed by atoms with Gasteiger partial charge in [0.25, 0.3) is 0 Å². The zero-order valence-electron chi connectivity index (χ0n) is 17.2. The monoisotopic (exact) mass is 428 g/mol. The van der Waals surface area contributed by atoms with Crippen molar-refractivity contribution in [2.75, 3.05) is 24.2 Å². The fourth-order valence-electron chi connectivity index (χ4n) is 3.69. The van der Waals surface area contributed by atoms with Crippen molar-refractivity contribution in [2.45, 2.75) is 32.6 Å². The first kappa shape index (κ1) is 22.2. The van der Waals surface area contributed by atoms with E-state index in [1.54, 1.807) is 24.3 Å². The Morgan fingerprint density at radius 1 is 1.03 bits per heavy atom.